The Kier molecular flexibility index (Phi) is 5.79. The topological polar surface area (TPSA) is 117 Å². The number of halogens is 1. The first kappa shape index (κ1) is 20.3. The molecule has 0 aromatic heterocycles. The lowest BCUT2D eigenvalue weighted by atomic mass is 10.1. The third kappa shape index (κ3) is 4.52. The summed E-state index contributed by atoms with van der Waals surface area (Å²) in [5.41, 5.74) is 1.82. The molecule has 2 N–H and O–H groups in total. The average Bonchev–Trinajstić information content (AvgIpc) is 2.95. The van der Waals surface area contributed by atoms with Crippen LogP contribution < -0.4 is 9.75 Å². The van der Waals surface area contributed by atoms with Crippen LogP contribution in [-0.4, -0.2) is 40.4 Å². The molecular formula is C20H15BrN2O6. The van der Waals surface area contributed by atoms with E-state index in [1.807, 2.05) is 0 Å². The van der Waals surface area contributed by atoms with Crippen molar-refractivity contribution in [1.82, 2.24) is 0 Å². The van der Waals surface area contributed by atoms with Crippen LogP contribution in [0, 0.1) is 0 Å². The van der Waals surface area contributed by atoms with Gasteiger partial charge in [0.1, 0.15) is 5.75 Å². The summed E-state index contributed by atoms with van der Waals surface area (Å²) in [6, 6.07) is 10.8. The molecule has 2 aromatic carbocycles. The van der Waals surface area contributed by atoms with E-state index in [1.165, 1.54) is 29.3 Å². The number of hydrogen-bond acceptors (Lipinski definition) is 5. The Morgan fingerprint density at radius 1 is 1.17 bits per heavy atom. The summed E-state index contributed by atoms with van der Waals surface area (Å²) >= 11 is 3.35. The van der Waals surface area contributed by atoms with Crippen molar-refractivity contribution in [3.05, 3.63) is 63.6 Å². The predicted molar refractivity (Wildman–Crippen MR) is 109 cm³/mol. The maximum Gasteiger partial charge on any atom is 0.341 e. The second-order valence-corrected chi connectivity index (χ2v) is 6.99. The molecular weight excluding hydrogens is 444 g/mol. The van der Waals surface area contributed by atoms with Gasteiger partial charge in [-0.25, -0.2) is 9.59 Å². The van der Waals surface area contributed by atoms with Gasteiger partial charge in [0.05, 0.1) is 22.5 Å². The van der Waals surface area contributed by atoms with E-state index in [0.29, 0.717) is 28.3 Å². The van der Waals surface area contributed by atoms with Gasteiger partial charge in [-0.05, 0) is 55.5 Å². The van der Waals surface area contributed by atoms with Crippen LogP contribution in [0.5, 0.6) is 5.75 Å². The molecule has 0 fully saturated rings. The molecule has 0 saturated heterocycles. The maximum atomic E-state index is 12.9. The van der Waals surface area contributed by atoms with Gasteiger partial charge < -0.3 is 14.9 Å². The van der Waals surface area contributed by atoms with Crippen LogP contribution in [0.4, 0.5) is 5.69 Å². The SMILES string of the molecule is CC1=NN(c2ccc(C(=O)O)cc2)C(=O)/C1=C\c1cc(Br)ccc1OCC(=O)O. The Bertz CT molecular complexity index is 1060. The number of aromatic carboxylic acids is 1. The second kappa shape index (κ2) is 8.27. The molecule has 2 aromatic rings. The number of amides is 1. The zero-order valence-corrected chi connectivity index (χ0v) is 16.7. The van der Waals surface area contributed by atoms with Crippen LogP contribution in [0.15, 0.2) is 57.6 Å². The maximum absolute atomic E-state index is 12.9. The molecule has 0 atom stereocenters. The number of carbonyl (C=O) groups excluding carboxylic acids is 1. The number of carbonyl (C=O) groups is 3. The van der Waals surface area contributed by atoms with Crippen molar-refractivity contribution in [3.63, 3.8) is 0 Å². The first-order chi connectivity index (χ1) is 13.8. The lowest BCUT2D eigenvalue weighted by Crippen LogP contribution is -2.21. The molecule has 3 rings (SSSR count). The molecule has 29 heavy (non-hydrogen) atoms. The van der Waals surface area contributed by atoms with Crippen LogP contribution in [0.25, 0.3) is 6.08 Å². The van der Waals surface area contributed by atoms with Crippen molar-refractivity contribution >= 4 is 51.3 Å². The fraction of sp³-hybridized carbons (Fsp3) is 0.100. The van der Waals surface area contributed by atoms with Gasteiger partial charge >= 0.3 is 11.9 Å². The molecule has 0 radical (unpaired) electrons. The summed E-state index contributed by atoms with van der Waals surface area (Å²) in [7, 11) is 0. The lowest BCUT2D eigenvalue weighted by molar-refractivity contribution is -0.139. The summed E-state index contributed by atoms with van der Waals surface area (Å²) in [5.74, 6) is -2.26. The Morgan fingerprint density at radius 3 is 2.48 bits per heavy atom. The minimum atomic E-state index is -1.11. The molecule has 0 spiro atoms. The van der Waals surface area contributed by atoms with E-state index in [0.717, 1.165) is 4.47 Å². The molecule has 9 heteroatoms. The highest BCUT2D eigenvalue weighted by atomic mass is 79.9. The van der Waals surface area contributed by atoms with Crippen molar-refractivity contribution in [2.75, 3.05) is 11.6 Å². The summed E-state index contributed by atoms with van der Waals surface area (Å²) in [6.07, 6.45) is 1.58. The number of nitrogens with zero attached hydrogens (tertiary/aromatic N) is 2. The number of aliphatic carboxylic acids is 1. The average molecular weight is 459 g/mol. The van der Waals surface area contributed by atoms with Gasteiger partial charge in [0.25, 0.3) is 5.91 Å². The van der Waals surface area contributed by atoms with E-state index in [1.54, 1.807) is 31.2 Å². The van der Waals surface area contributed by atoms with Gasteiger partial charge in [0, 0.05) is 10.0 Å². The van der Waals surface area contributed by atoms with E-state index in [9.17, 15) is 14.4 Å². The van der Waals surface area contributed by atoms with Crippen molar-refractivity contribution in [3.8, 4) is 5.75 Å². The molecule has 1 aliphatic heterocycles. The van der Waals surface area contributed by atoms with Gasteiger partial charge in [-0.1, -0.05) is 15.9 Å². The molecule has 8 nitrogen and oxygen atoms in total. The third-order valence-corrected chi connectivity index (χ3v) is 4.54. The van der Waals surface area contributed by atoms with Gasteiger partial charge in [-0.15, -0.1) is 0 Å². The normalized spacial score (nSPS) is 14.8. The van der Waals surface area contributed by atoms with Crippen LogP contribution in [-0.2, 0) is 9.59 Å². The summed E-state index contributed by atoms with van der Waals surface area (Å²) in [5, 5.41) is 23.3. The van der Waals surface area contributed by atoms with E-state index in [2.05, 4.69) is 21.0 Å². The standard InChI is InChI=1S/C20H15BrN2O6/c1-11-16(9-13-8-14(21)4-7-17(13)29-10-18(24)25)19(26)23(22-11)15-5-2-12(3-6-15)20(27)28/h2-9H,10H2,1H3,(H,24,25)(H,27,28)/b16-9-. The molecule has 0 saturated carbocycles. The highest BCUT2D eigenvalue weighted by Crippen LogP contribution is 2.29. The number of anilines is 1. The number of benzene rings is 2. The third-order valence-electron chi connectivity index (χ3n) is 4.04. The number of hydrogen-bond donors (Lipinski definition) is 2. The minimum absolute atomic E-state index is 0.103. The van der Waals surface area contributed by atoms with Crippen LogP contribution in [0.1, 0.15) is 22.8 Å². The molecule has 0 aliphatic carbocycles. The van der Waals surface area contributed by atoms with Crippen molar-refractivity contribution in [2.24, 2.45) is 5.10 Å². The Balaban J connectivity index is 1.92. The lowest BCUT2D eigenvalue weighted by Gasteiger charge is -2.12. The molecule has 0 bridgehead atoms. The van der Waals surface area contributed by atoms with E-state index < -0.39 is 24.5 Å². The van der Waals surface area contributed by atoms with Crippen LogP contribution in [0.3, 0.4) is 0 Å². The number of rotatable bonds is 6. The Labute approximate surface area is 173 Å². The van der Waals surface area contributed by atoms with E-state index >= 15 is 0 Å². The summed E-state index contributed by atoms with van der Waals surface area (Å²) < 4.78 is 6.03. The Hall–Kier alpha value is -3.46. The monoisotopic (exact) mass is 458 g/mol. The summed E-state index contributed by atoms with van der Waals surface area (Å²) in [4.78, 5) is 34.7. The number of ether oxygens (including phenoxy) is 1. The zero-order chi connectivity index (χ0) is 21.1. The highest BCUT2D eigenvalue weighted by molar-refractivity contribution is 9.10. The van der Waals surface area contributed by atoms with E-state index in [-0.39, 0.29) is 5.56 Å². The smallest absolute Gasteiger partial charge is 0.341 e. The molecule has 1 heterocycles. The molecule has 1 amide bonds. The van der Waals surface area contributed by atoms with Crippen molar-refractivity contribution in [1.29, 1.82) is 0 Å². The minimum Gasteiger partial charge on any atom is -0.481 e. The van der Waals surface area contributed by atoms with Gasteiger partial charge in [0.2, 0.25) is 0 Å². The quantitative estimate of drug-likeness (QED) is 0.640. The number of carboxylic acid groups (broad SMARTS) is 2. The van der Waals surface area contributed by atoms with Crippen molar-refractivity contribution < 1.29 is 29.3 Å². The van der Waals surface area contributed by atoms with Gasteiger partial charge in [-0.2, -0.15) is 10.1 Å². The fourth-order valence-electron chi connectivity index (χ4n) is 2.66. The van der Waals surface area contributed by atoms with Crippen LogP contribution in [0.2, 0.25) is 0 Å². The Morgan fingerprint density at radius 2 is 1.86 bits per heavy atom. The molecule has 0 unspecified atom stereocenters. The van der Waals surface area contributed by atoms with Gasteiger partial charge in [0.15, 0.2) is 6.61 Å². The number of carboxylic acids is 2. The first-order valence-electron chi connectivity index (χ1n) is 8.35. The fourth-order valence-corrected chi connectivity index (χ4v) is 3.04. The zero-order valence-electron chi connectivity index (χ0n) is 15.1. The highest BCUT2D eigenvalue weighted by Gasteiger charge is 2.29. The predicted octanol–water partition coefficient (Wildman–Crippen LogP) is 3.42. The largest absolute Gasteiger partial charge is 0.481 e. The first-order valence-corrected chi connectivity index (χ1v) is 9.15. The van der Waals surface area contributed by atoms with Gasteiger partial charge in [-0.3, -0.25) is 4.79 Å². The van der Waals surface area contributed by atoms with E-state index in [4.69, 9.17) is 14.9 Å². The summed E-state index contributed by atoms with van der Waals surface area (Å²) in [6.45, 7) is 1.16. The number of hydrazone groups is 1. The molecule has 148 valence electrons. The second-order valence-electron chi connectivity index (χ2n) is 6.08. The molecule has 1 aliphatic rings. The van der Waals surface area contributed by atoms with Crippen LogP contribution >= 0.6 is 15.9 Å². The van der Waals surface area contributed by atoms with Crippen molar-refractivity contribution in [2.45, 2.75) is 6.92 Å².